The molecule has 0 aromatic heterocycles. The minimum absolute atomic E-state index is 0.172. The smallest absolute Gasteiger partial charge is 0.222 e. The van der Waals surface area contributed by atoms with Gasteiger partial charge in [-0.15, -0.1) is 0 Å². The lowest BCUT2D eigenvalue weighted by Gasteiger charge is -2.19. The van der Waals surface area contributed by atoms with E-state index in [0.29, 0.717) is 11.5 Å². The van der Waals surface area contributed by atoms with Crippen molar-refractivity contribution in [3.05, 3.63) is 41.6 Å². The number of rotatable bonds is 2. The van der Waals surface area contributed by atoms with E-state index in [2.05, 4.69) is 10.3 Å². The molecule has 0 aliphatic carbocycles. The quantitative estimate of drug-likeness (QED) is 0.642. The molecule has 0 aliphatic rings. The van der Waals surface area contributed by atoms with E-state index in [-0.39, 0.29) is 11.3 Å². The zero-order valence-electron chi connectivity index (χ0n) is 12.8. The van der Waals surface area contributed by atoms with E-state index in [0.717, 1.165) is 11.3 Å². The first-order valence-electron chi connectivity index (χ1n) is 6.59. The average molecular weight is 273 g/mol. The van der Waals surface area contributed by atoms with Crippen molar-refractivity contribution in [3.63, 3.8) is 0 Å². The van der Waals surface area contributed by atoms with E-state index in [4.69, 9.17) is 5.73 Å². The Morgan fingerprint density at radius 1 is 1.25 bits per heavy atom. The fraction of sp³-hybridized carbons (Fsp3) is 0.375. The largest absolute Gasteiger partial charge is 0.401 e. The van der Waals surface area contributed by atoms with Gasteiger partial charge in [0.2, 0.25) is 5.91 Å². The van der Waals surface area contributed by atoms with E-state index in [9.17, 15) is 4.79 Å². The van der Waals surface area contributed by atoms with Gasteiger partial charge < -0.3 is 11.1 Å². The van der Waals surface area contributed by atoms with E-state index < -0.39 is 0 Å². The van der Waals surface area contributed by atoms with Gasteiger partial charge in [-0.1, -0.05) is 38.5 Å². The minimum Gasteiger partial charge on any atom is -0.401 e. The Morgan fingerprint density at radius 3 is 2.25 bits per heavy atom. The number of aryl methyl sites for hydroxylation is 1. The van der Waals surface area contributed by atoms with Crippen LogP contribution in [-0.4, -0.2) is 11.7 Å². The number of allylic oxidation sites excluding steroid dienone is 1. The second-order valence-electron chi connectivity index (χ2n) is 5.86. The first-order valence-corrected chi connectivity index (χ1v) is 6.59. The molecule has 0 saturated carbocycles. The molecule has 0 bridgehead atoms. The van der Waals surface area contributed by atoms with E-state index in [1.807, 2.05) is 52.0 Å². The summed E-state index contributed by atoms with van der Waals surface area (Å²) in [6, 6.07) is 7.75. The maximum absolute atomic E-state index is 11.3. The van der Waals surface area contributed by atoms with E-state index in [1.54, 1.807) is 6.08 Å². The topological polar surface area (TPSA) is 67.5 Å². The Kier molecular flexibility index (Phi) is 5.08. The van der Waals surface area contributed by atoms with Gasteiger partial charge in [-0.05, 0) is 19.1 Å². The van der Waals surface area contributed by atoms with Crippen molar-refractivity contribution in [1.82, 2.24) is 5.32 Å². The fourth-order valence-electron chi connectivity index (χ4n) is 1.40. The van der Waals surface area contributed by atoms with Crippen molar-refractivity contribution in [2.45, 2.75) is 34.6 Å². The number of hydrogen-bond acceptors (Lipinski definition) is 3. The fourth-order valence-corrected chi connectivity index (χ4v) is 1.40. The second kappa shape index (κ2) is 6.37. The summed E-state index contributed by atoms with van der Waals surface area (Å²) in [7, 11) is 0. The maximum atomic E-state index is 11.3. The van der Waals surface area contributed by atoms with Gasteiger partial charge in [-0.3, -0.25) is 4.79 Å². The second-order valence-corrected chi connectivity index (χ2v) is 5.86. The number of carbonyl (C=O) groups excluding carboxylic acids is 1. The summed E-state index contributed by atoms with van der Waals surface area (Å²) in [5.41, 5.74) is 8.46. The van der Waals surface area contributed by atoms with Crippen LogP contribution in [0.25, 0.3) is 0 Å². The predicted molar refractivity (Wildman–Crippen MR) is 83.8 cm³/mol. The molecule has 20 heavy (non-hydrogen) atoms. The normalized spacial score (nSPS) is 13.2. The Labute approximate surface area is 120 Å². The lowest BCUT2D eigenvalue weighted by molar-refractivity contribution is -0.117. The van der Waals surface area contributed by atoms with Crippen molar-refractivity contribution < 1.29 is 4.79 Å². The van der Waals surface area contributed by atoms with Crippen LogP contribution in [0.1, 0.15) is 33.3 Å². The van der Waals surface area contributed by atoms with Gasteiger partial charge in [0.1, 0.15) is 5.84 Å². The van der Waals surface area contributed by atoms with Gasteiger partial charge in [0, 0.05) is 24.1 Å². The van der Waals surface area contributed by atoms with Crippen molar-refractivity contribution in [2.24, 2.45) is 16.1 Å². The van der Waals surface area contributed by atoms with Crippen LogP contribution in [0.15, 0.2) is 41.0 Å². The van der Waals surface area contributed by atoms with Crippen molar-refractivity contribution in [1.29, 1.82) is 0 Å². The molecule has 3 N–H and O–H groups in total. The summed E-state index contributed by atoms with van der Waals surface area (Å²) >= 11 is 0. The number of hydrogen-bond donors (Lipinski definition) is 2. The Bertz CT molecular complexity index is 534. The first kappa shape index (κ1) is 16.0. The molecule has 1 aromatic carbocycles. The summed E-state index contributed by atoms with van der Waals surface area (Å²) < 4.78 is 0. The molecule has 0 radical (unpaired) electrons. The van der Waals surface area contributed by atoms with Crippen LogP contribution in [0.5, 0.6) is 0 Å². The van der Waals surface area contributed by atoms with Gasteiger partial charge in [-0.25, -0.2) is 4.99 Å². The molecule has 4 nitrogen and oxygen atoms in total. The van der Waals surface area contributed by atoms with Gasteiger partial charge in [0.05, 0.1) is 5.69 Å². The number of benzene rings is 1. The number of nitrogens with one attached hydrogen (secondary N) is 1. The highest BCUT2D eigenvalue weighted by Crippen LogP contribution is 2.21. The van der Waals surface area contributed by atoms with Crippen LogP contribution in [0.4, 0.5) is 5.69 Å². The van der Waals surface area contributed by atoms with Crippen LogP contribution in [0, 0.1) is 12.3 Å². The molecule has 1 amide bonds. The summed E-state index contributed by atoms with van der Waals surface area (Å²) in [6.45, 7) is 9.49. The standard InChI is InChI=1S/C16H23N3O/c1-11-6-8-13(9-7-11)19-15(18-12(2)20)10-14(17)16(3,4)5/h6-10H,17H2,1-5H3,(H,18,19,20)/b14-10-. The highest BCUT2D eigenvalue weighted by Gasteiger charge is 2.14. The van der Waals surface area contributed by atoms with Crippen LogP contribution < -0.4 is 11.1 Å². The highest BCUT2D eigenvalue weighted by molar-refractivity contribution is 6.05. The Balaban J connectivity index is 3.12. The molecule has 0 aliphatic heterocycles. The molecule has 108 valence electrons. The van der Waals surface area contributed by atoms with Crippen LogP contribution >= 0.6 is 0 Å². The number of nitrogens with zero attached hydrogens (tertiary/aromatic N) is 1. The Morgan fingerprint density at radius 2 is 1.80 bits per heavy atom. The molecule has 0 fully saturated rings. The van der Waals surface area contributed by atoms with Crippen molar-refractivity contribution >= 4 is 17.4 Å². The van der Waals surface area contributed by atoms with Crippen LogP contribution in [-0.2, 0) is 4.79 Å². The van der Waals surface area contributed by atoms with Crippen molar-refractivity contribution in [2.75, 3.05) is 0 Å². The summed E-state index contributed by atoms with van der Waals surface area (Å²) in [5, 5.41) is 2.70. The third-order valence-corrected chi connectivity index (χ3v) is 2.75. The summed E-state index contributed by atoms with van der Waals surface area (Å²) in [5.74, 6) is 0.280. The molecule has 4 heteroatoms. The monoisotopic (exact) mass is 273 g/mol. The van der Waals surface area contributed by atoms with Gasteiger partial charge in [-0.2, -0.15) is 0 Å². The van der Waals surface area contributed by atoms with E-state index in [1.165, 1.54) is 6.92 Å². The van der Waals surface area contributed by atoms with Gasteiger partial charge in [0.25, 0.3) is 0 Å². The predicted octanol–water partition coefficient (Wildman–Crippen LogP) is 3.05. The number of aliphatic imine (C=N–C) groups is 1. The molecular weight excluding hydrogens is 250 g/mol. The minimum atomic E-state index is -0.174. The molecule has 0 unspecified atom stereocenters. The highest BCUT2D eigenvalue weighted by atomic mass is 16.1. The van der Waals surface area contributed by atoms with Gasteiger partial charge in [0.15, 0.2) is 0 Å². The number of carbonyl (C=O) groups is 1. The maximum Gasteiger partial charge on any atom is 0.222 e. The molecule has 0 saturated heterocycles. The average Bonchev–Trinajstić information content (AvgIpc) is 2.30. The third-order valence-electron chi connectivity index (χ3n) is 2.75. The zero-order valence-corrected chi connectivity index (χ0v) is 12.8. The van der Waals surface area contributed by atoms with Crippen LogP contribution in [0.2, 0.25) is 0 Å². The lowest BCUT2D eigenvalue weighted by Crippen LogP contribution is -2.29. The molecular formula is C16H23N3O. The SMILES string of the molecule is CC(=O)NC(/C=C(\N)C(C)(C)C)=Nc1ccc(C)cc1. The molecule has 0 heterocycles. The zero-order chi connectivity index (χ0) is 15.3. The number of amides is 1. The molecule has 1 rings (SSSR count). The summed E-state index contributed by atoms with van der Waals surface area (Å²) in [6.07, 6.45) is 1.71. The van der Waals surface area contributed by atoms with Gasteiger partial charge >= 0.3 is 0 Å². The molecule has 0 atom stereocenters. The lowest BCUT2D eigenvalue weighted by atomic mass is 9.92. The van der Waals surface area contributed by atoms with Crippen LogP contribution in [0.3, 0.4) is 0 Å². The van der Waals surface area contributed by atoms with Crippen molar-refractivity contribution in [3.8, 4) is 0 Å². The third kappa shape index (κ3) is 5.26. The number of amidine groups is 1. The molecule has 0 spiro atoms. The molecule has 1 aromatic rings. The first-order chi connectivity index (χ1) is 9.18. The summed E-state index contributed by atoms with van der Waals surface area (Å²) in [4.78, 5) is 15.7. The van der Waals surface area contributed by atoms with E-state index >= 15 is 0 Å². The number of nitrogens with two attached hydrogens (primary N) is 1. The Hall–Kier alpha value is -2.10.